The van der Waals surface area contributed by atoms with E-state index in [4.69, 9.17) is 10.4 Å². The third-order valence-electron chi connectivity index (χ3n) is 4.82. The highest BCUT2D eigenvalue weighted by Crippen LogP contribution is 2.29. The molecule has 164 valence electrons. The van der Waals surface area contributed by atoms with Crippen LogP contribution in [0.15, 0.2) is 83.9 Å². The van der Waals surface area contributed by atoms with Crippen molar-refractivity contribution in [3.05, 3.63) is 96.1 Å². The molecule has 1 heterocycles. The van der Waals surface area contributed by atoms with Crippen molar-refractivity contribution in [3.63, 3.8) is 0 Å². The molecule has 1 aromatic heterocycles. The summed E-state index contributed by atoms with van der Waals surface area (Å²) in [6, 6.07) is 19.9. The highest BCUT2D eigenvalue weighted by molar-refractivity contribution is 7.89. The predicted molar refractivity (Wildman–Crippen MR) is 119 cm³/mol. The molecule has 0 fully saturated rings. The highest BCUT2D eigenvalue weighted by atomic mass is 32.2. The number of nitrogens with two attached hydrogens (primary N) is 1. The maximum atomic E-state index is 14.8. The first-order valence-electron chi connectivity index (χ1n) is 9.55. The van der Waals surface area contributed by atoms with Crippen LogP contribution in [0.4, 0.5) is 10.1 Å². The highest BCUT2D eigenvalue weighted by Gasteiger charge is 2.18. The number of hydrogen-bond acceptors (Lipinski definition) is 5. The molecule has 0 atom stereocenters. The summed E-state index contributed by atoms with van der Waals surface area (Å²) in [5.74, 6) is -1.38. The summed E-state index contributed by atoms with van der Waals surface area (Å²) in [4.78, 5) is 12.7. The molecule has 4 aromatic rings. The van der Waals surface area contributed by atoms with Crippen molar-refractivity contribution in [2.75, 3.05) is 5.32 Å². The maximum Gasteiger partial charge on any atom is 0.274 e. The van der Waals surface area contributed by atoms with Crippen LogP contribution in [0.2, 0.25) is 0 Å². The molecular formula is C23H16FN5O3S. The quantitative estimate of drug-likeness (QED) is 0.470. The van der Waals surface area contributed by atoms with Gasteiger partial charge in [0.2, 0.25) is 10.0 Å². The van der Waals surface area contributed by atoms with E-state index in [1.165, 1.54) is 47.3 Å². The Bertz CT molecular complexity index is 1520. The van der Waals surface area contributed by atoms with Crippen LogP contribution in [0.5, 0.6) is 0 Å². The number of hydrogen-bond donors (Lipinski definition) is 2. The molecule has 0 aliphatic rings. The lowest BCUT2D eigenvalue weighted by Crippen LogP contribution is -2.18. The first-order chi connectivity index (χ1) is 15.8. The second kappa shape index (κ2) is 8.66. The Hall–Kier alpha value is -4.33. The van der Waals surface area contributed by atoms with Crippen LogP contribution in [0, 0.1) is 17.1 Å². The summed E-state index contributed by atoms with van der Waals surface area (Å²) in [6.45, 7) is 0. The Balaban J connectivity index is 1.63. The molecule has 3 N–H and O–H groups in total. The third-order valence-corrected chi connectivity index (χ3v) is 5.79. The number of anilines is 1. The molecule has 4 rings (SSSR count). The zero-order valence-electron chi connectivity index (χ0n) is 16.9. The van der Waals surface area contributed by atoms with E-state index in [9.17, 15) is 17.6 Å². The predicted octanol–water partition coefficient (Wildman–Crippen LogP) is 3.45. The SMILES string of the molecule is N#Cc1cccc(-n2nccc2C(=O)Nc2ccc(-c3ccccc3S(N)(=O)=O)cc2F)c1. The Kier molecular flexibility index (Phi) is 5.74. The van der Waals surface area contributed by atoms with Crippen LogP contribution >= 0.6 is 0 Å². The molecule has 1 amide bonds. The van der Waals surface area contributed by atoms with Crippen molar-refractivity contribution in [2.45, 2.75) is 4.90 Å². The van der Waals surface area contributed by atoms with Gasteiger partial charge >= 0.3 is 0 Å². The van der Waals surface area contributed by atoms with Crippen molar-refractivity contribution in [2.24, 2.45) is 5.14 Å². The van der Waals surface area contributed by atoms with Gasteiger partial charge in [0.15, 0.2) is 0 Å². The zero-order valence-corrected chi connectivity index (χ0v) is 17.8. The monoisotopic (exact) mass is 461 g/mol. The molecule has 0 bridgehead atoms. The van der Waals surface area contributed by atoms with Gasteiger partial charge in [0, 0.05) is 5.56 Å². The molecule has 3 aromatic carbocycles. The fourth-order valence-electron chi connectivity index (χ4n) is 3.31. The number of aromatic nitrogens is 2. The number of nitrogens with one attached hydrogen (secondary N) is 1. The Morgan fingerprint density at radius 3 is 2.58 bits per heavy atom. The molecule has 0 aliphatic carbocycles. The molecule has 0 spiro atoms. The molecule has 0 aliphatic heterocycles. The minimum absolute atomic E-state index is 0.102. The lowest BCUT2D eigenvalue weighted by Gasteiger charge is -2.12. The Morgan fingerprint density at radius 1 is 1.06 bits per heavy atom. The summed E-state index contributed by atoms with van der Waals surface area (Å²) in [7, 11) is -4.01. The topological polar surface area (TPSA) is 131 Å². The summed E-state index contributed by atoms with van der Waals surface area (Å²) in [6.07, 6.45) is 1.41. The molecular weight excluding hydrogens is 445 g/mol. The minimum atomic E-state index is -4.01. The molecule has 0 saturated heterocycles. The number of halogens is 1. The van der Waals surface area contributed by atoms with Gasteiger partial charge < -0.3 is 5.32 Å². The van der Waals surface area contributed by atoms with Crippen molar-refractivity contribution in [1.82, 2.24) is 9.78 Å². The van der Waals surface area contributed by atoms with Gasteiger partial charge in [-0.05, 0) is 48.0 Å². The number of rotatable bonds is 5. The number of benzene rings is 3. The van der Waals surface area contributed by atoms with Crippen LogP contribution < -0.4 is 10.5 Å². The molecule has 10 heteroatoms. The van der Waals surface area contributed by atoms with E-state index >= 15 is 0 Å². The van der Waals surface area contributed by atoms with Gasteiger partial charge in [0.1, 0.15) is 11.5 Å². The first-order valence-corrected chi connectivity index (χ1v) is 11.1. The standard InChI is InChI=1S/C23H16FN5O3S/c24-19-13-16(18-6-1-2-7-22(18)33(26,31)32)8-9-20(19)28-23(30)21-10-11-27-29(21)17-5-3-4-15(12-17)14-25/h1-13H,(H,28,30)(H2,26,31,32). The van der Waals surface area contributed by atoms with Gasteiger partial charge in [-0.25, -0.2) is 22.6 Å². The summed E-state index contributed by atoms with van der Waals surface area (Å²) in [5.41, 5.74) is 1.46. The minimum Gasteiger partial charge on any atom is -0.318 e. The second-order valence-electron chi connectivity index (χ2n) is 6.98. The van der Waals surface area contributed by atoms with E-state index in [1.807, 2.05) is 6.07 Å². The van der Waals surface area contributed by atoms with Crippen LogP contribution in [0.25, 0.3) is 16.8 Å². The fourth-order valence-corrected chi connectivity index (χ4v) is 4.07. The van der Waals surface area contributed by atoms with Crippen LogP contribution in [0.3, 0.4) is 0 Å². The van der Waals surface area contributed by atoms with Gasteiger partial charge in [0.25, 0.3) is 5.91 Å². The number of carbonyl (C=O) groups excluding carboxylic acids is 1. The van der Waals surface area contributed by atoms with Gasteiger partial charge in [-0.3, -0.25) is 4.79 Å². The normalized spacial score (nSPS) is 11.1. The van der Waals surface area contributed by atoms with Crippen LogP contribution in [0.1, 0.15) is 16.1 Å². The van der Waals surface area contributed by atoms with E-state index < -0.39 is 21.7 Å². The number of carbonyl (C=O) groups is 1. The van der Waals surface area contributed by atoms with Crippen LogP contribution in [-0.4, -0.2) is 24.1 Å². The number of sulfonamides is 1. The van der Waals surface area contributed by atoms with Crippen LogP contribution in [-0.2, 0) is 10.0 Å². The molecule has 33 heavy (non-hydrogen) atoms. The number of nitrogens with zero attached hydrogens (tertiary/aromatic N) is 3. The van der Waals surface area contributed by atoms with Crippen molar-refractivity contribution < 1.29 is 17.6 Å². The third kappa shape index (κ3) is 4.50. The number of nitriles is 1. The van der Waals surface area contributed by atoms with Gasteiger partial charge in [-0.15, -0.1) is 0 Å². The Morgan fingerprint density at radius 2 is 1.85 bits per heavy atom. The van der Waals surface area contributed by atoms with Crippen molar-refractivity contribution >= 4 is 21.6 Å². The fraction of sp³-hybridized carbons (Fsp3) is 0. The lowest BCUT2D eigenvalue weighted by molar-refractivity contribution is 0.101. The molecule has 0 unspecified atom stereocenters. The first kappa shape index (κ1) is 21.9. The molecule has 0 radical (unpaired) electrons. The van der Waals surface area contributed by atoms with Crippen molar-refractivity contribution in [1.29, 1.82) is 5.26 Å². The van der Waals surface area contributed by atoms with Gasteiger partial charge in [0.05, 0.1) is 34.1 Å². The zero-order chi connectivity index (χ0) is 23.6. The van der Waals surface area contributed by atoms with E-state index in [0.29, 0.717) is 11.3 Å². The van der Waals surface area contributed by atoms with E-state index in [0.717, 1.165) is 6.07 Å². The van der Waals surface area contributed by atoms with Gasteiger partial charge in [-0.2, -0.15) is 10.4 Å². The summed E-state index contributed by atoms with van der Waals surface area (Å²) >= 11 is 0. The second-order valence-corrected chi connectivity index (χ2v) is 8.51. The van der Waals surface area contributed by atoms with E-state index in [2.05, 4.69) is 10.4 Å². The van der Waals surface area contributed by atoms with E-state index in [-0.39, 0.29) is 27.4 Å². The largest absolute Gasteiger partial charge is 0.318 e. The summed E-state index contributed by atoms with van der Waals surface area (Å²) < 4.78 is 39.9. The summed E-state index contributed by atoms with van der Waals surface area (Å²) in [5, 5.41) is 21.0. The molecule has 0 saturated carbocycles. The number of primary sulfonamides is 1. The lowest BCUT2D eigenvalue weighted by atomic mass is 10.0. The average Bonchev–Trinajstić information content (AvgIpc) is 3.30. The van der Waals surface area contributed by atoms with Crippen molar-refractivity contribution in [3.8, 4) is 22.9 Å². The smallest absolute Gasteiger partial charge is 0.274 e. The maximum absolute atomic E-state index is 14.8. The average molecular weight is 461 g/mol. The van der Waals surface area contributed by atoms with E-state index in [1.54, 1.807) is 30.3 Å². The Labute approximate surface area is 188 Å². The number of amides is 1. The molecule has 8 nitrogen and oxygen atoms in total. The van der Waals surface area contributed by atoms with Gasteiger partial charge in [-0.1, -0.05) is 30.3 Å².